The largest absolute Gasteiger partial charge is 0.397 e. The molecule has 1 aromatic carbocycles. The Morgan fingerprint density at radius 3 is 2.79 bits per heavy atom. The molecule has 0 aliphatic heterocycles. The molecular weight excluding hydrogens is 269 g/mol. The molecule has 4 nitrogen and oxygen atoms in total. The van der Waals surface area contributed by atoms with Crippen LogP contribution in [0, 0.1) is 5.82 Å². The fourth-order valence-corrected chi connectivity index (χ4v) is 1.81. The van der Waals surface area contributed by atoms with E-state index in [1.165, 1.54) is 31.4 Å². The van der Waals surface area contributed by atoms with Crippen LogP contribution >= 0.6 is 11.6 Å². The third-order valence-electron chi connectivity index (χ3n) is 2.61. The molecule has 0 radical (unpaired) electrons. The maximum Gasteiger partial charge on any atom is 0.261 e. The van der Waals surface area contributed by atoms with Crippen molar-refractivity contribution in [2.75, 3.05) is 17.7 Å². The van der Waals surface area contributed by atoms with Crippen LogP contribution in [-0.4, -0.2) is 17.9 Å². The number of rotatable bonds is 2. The summed E-state index contributed by atoms with van der Waals surface area (Å²) in [6, 6.07) is 7.38. The van der Waals surface area contributed by atoms with Gasteiger partial charge >= 0.3 is 0 Å². The van der Waals surface area contributed by atoms with Crippen molar-refractivity contribution < 1.29 is 9.18 Å². The summed E-state index contributed by atoms with van der Waals surface area (Å²) in [6.45, 7) is 0. The summed E-state index contributed by atoms with van der Waals surface area (Å²) in [4.78, 5) is 17.2. The fraction of sp³-hybridized carbons (Fsp3) is 0.0769. The zero-order valence-corrected chi connectivity index (χ0v) is 10.9. The predicted molar refractivity (Wildman–Crippen MR) is 72.8 cm³/mol. The van der Waals surface area contributed by atoms with Gasteiger partial charge in [-0.25, -0.2) is 9.37 Å². The van der Waals surface area contributed by atoms with Crippen molar-refractivity contribution in [3.05, 3.63) is 53.1 Å². The molecule has 19 heavy (non-hydrogen) atoms. The molecule has 98 valence electrons. The lowest BCUT2D eigenvalue weighted by Crippen LogP contribution is -2.27. The number of carbonyl (C=O) groups is 1. The number of para-hydroxylation sites is 1. The molecule has 1 amide bonds. The van der Waals surface area contributed by atoms with Crippen molar-refractivity contribution in [1.29, 1.82) is 0 Å². The van der Waals surface area contributed by atoms with Crippen molar-refractivity contribution in [3.63, 3.8) is 0 Å². The highest BCUT2D eigenvalue weighted by Gasteiger charge is 2.19. The molecule has 0 spiro atoms. The number of nitrogens with zero attached hydrogens (tertiary/aromatic N) is 2. The van der Waals surface area contributed by atoms with E-state index in [1.54, 1.807) is 12.1 Å². The number of nitrogen functional groups attached to an aromatic ring is 1. The molecule has 6 heteroatoms. The first kappa shape index (κ1) is 13.3. The van der Waals surface area contributed by atoms with Gasteiger partial charge < -0.3 is 10.6 Å². The second-order valence-corrected chi connectivity index (χ2v) is 4.28. The number of pyridine rings is 1. The minimum Gasteiger partial charge on any atom is -0.397 e. The van der Waals surface area contributed by atoms with E-state index in [9.17, 15) is 9.18 Å². The molecule has 0 saturated carbocycles. The highest BCUT2D eigenvalue weighted by molar-refractivity contribution is 6.33. The predicted octanol–water partition coefficient (Wildman–Crippen LogP) is 2.73. The summed E-state index contributed by atoms with van der Waals surface area (Å²) < 4.78 is 13.6. The number of aromatic nitrogens is 1. The maximum absolute atomic E-state index is 13.6. The maximum atomic E-state index is 13.6. The first-order valence-corrected chi connectivity index (χ1v) is 5.82. The molecule has 0 bridgehead atoms. The normalized spacial score (nSPS) is 10.3. The van der Waals surface area contributed by atoms with Crippen LogP contribution in [0.1, 0.15) is 10.4 Å². The highest BCUT2D eigenvalue weighted by Crippen LogP contribution is 2.22. The summed E-state index contributed by atoms with van der Waals surface area (Å²) in [6.07, 6.45) is 1.35. The summed E-state index contributed by atoms with van der Waals surface area (Å²) in [5.74, 6) is -0.971. The fourth-order valence-electron chi connectivity index (χ4n) is 1.63. The van der Waals surface area contributed by atoms with Gasteiger partial charge in [-0.2, -0.15) is 0 Å². The van der Waals surface area contributed by atoms with Crippen LogP contribution in [0.5, 0.6) is 0 Å². The van der Waals surface area contributed by atoms with Gasteiger partial charge in [0.1, 0.15) is 11.0 Å². The SMILES string of the molecule is CN(C(=O)c1cc(N)cnc1Cl)c1ccccc1F. The van der Waals surface area contributed by atoms with Gasteiger partial charge in [-0.15, -0.1) is 0 Å². The zero-order valence-electron chi connectivity index (χ0n) is 10.1. The standard InChI is InChI=1S/C13H11ClFN3O/c1-18(11-5-3-2-4-10(11)15)13(19)9-6-8(16)7-17-12(9)14/h2-7H,16H2,1H3. The van der Waals surface area contributed by atoms with E-state index >= 15 is 0 Å². The average molecular weight is 280 g/mol. The Balaban J connectivity index is 2.39. The molecule has 0 fully saturated rings. The van der Waals surface area contributed by atoms with Crippen LogP contribution in [0.15, 0.2) is 36.5 Å². The number of hydrogen-bond acceptors (Lipinski definition) is 3. The van der Waals surface area contributed by atoms with Gasteiger partial charge in [-0.1, -0.05) is 23.7 Å². The summed E-state index contributed by atoms with van der Waals surface area (Å²) in [5.41, 5.74) is 6.17. The van der Waals surface area contributed by atoms with Crippen molar-refractivity contribution in [3.8, 4) is 0 Å². The average Bonchev–Trinajstić information content (AvgIpc) is 2.40. The Morgan fingerprint density at radius 1 is 1.42 bits per heavy atom. The van der Waals surface area contributed by atoms with Crippen LogP contribution in [-0.2, 0) is 0 Å². The van der Waals surface area contributed by atoms with E-state index in [-0.39, 0.29) is 16.4 Å². The van der Waals surface area contributed by atoms with Crippen molar-refractivity contribution in [2.24, 2.45) is 0 Å². The van der Waals surface area contributed by atoms with E-state index in [0.29, 0.717) is 5.69 Å². The van der Waals surface area contributed by atoms with E-state index in [4.69, 9.17) is 17.3 Å². The Labute approximate surface area is 114 Å². The Kier molecular flexibility index (Phi) is 3.66. The van der Waals surface area contributed by atoms with E-state index < -0.39 is 11.7 Å². The number of anilines is 2. The Morgan fingerprint density at radius 2 is 2.11 bits per heavy atom. The minimum atomic E-state index is -0.494. The monoisotopic (exact) mass is 279 g/mol. The van der Waals surface area contributed by atoms with Gasteiger partial charge in [0.2, 0.25) is 0 Å². The van der Waals surface area contributed by atoms with Crippen LogP contribution in [0.3, 0.4) is 0 Å². The van der Waals surface area contributed by atoms with E-state index in [0.717, 1.165) is 4.90 Å². The second kappa shape index (κ2) is 5.24. The van der Waals surface area contributed by atoms with Gasteiger partial charge in [0.05, 0.1) is 23.1 Å². The lowest BCUT2D eigenvalue weighted by atomic mass is 10.2. The van der Waals surface area contributed by atoms with E-state index in [1.807, 2.05) is 0 Å². The number of hydrogen-bond donors (Lipinski definition) is 1. The Bertz CT molecular complexity index is 633. The third-order valence-corrected chi connectivity index (χ3v) is 2.91. The molecule has 2 rings (SSSR count). The lowest BCUT2D eigenvalue weighted by molar-refractivity contribution is 0.0992. The lowest BCUT2D eigenvalue weighted by Gasteiger charge is -2.18. The van der Waals surface area contributed by atoms with Gasteiger partial charge in [-0.3, -0.25) is 4.79 Å². The highest BCUT2D eigenvalue weighted by atomic mass is 35.5. The van der Waals surface area contributed by atoms with Gasteiger partial charge in [0.15, 0.2) is 0 Å². The third kappa shape index (κ3) is 2.66. The molecule has 0 saturated heterocycles. The number of benzene rings is 1. The van der Waals surface area contributed by atoms with Crippen molar-refractivity contribution in [2.45, 2.75) is 0 Å². The van der Waals surface area contributed by atoms with Crippen LogP contribution < -0.4 is 10.6 Å². The molecule has 0 aliphatic rings. The van der Waals surface area contributed by atoms with Crippen molar-refractivity contribution in [1.82, 2.24) is 4.98 Å². The van der Waals surface area contributed by atoms with Crippen LogP contribution in [0.2, 0.25) is 5.15 Å². The quantitative estimate of drug-likeness (QED) is 0.860. The molecular formula is C13H11ClFN3O. The van der Waals surface area contributed by atoms with Crippen LogP contribution in [0.4, 0.5) is 15.8 Å². The number of halogens is 2. The van der Waals surface area contributed by atoms with Gasteiger partial charge in [-0.05, 0) is 18.2 Å². The molecule has 1 aromatic heterocycles. The topological polar surface area (TPSA) is 59.2 Å². The number of nitrogens with two attached hydrogens (primary N) is 1. The number of carbonyl (C=O) groups excluding carboxylic acids is 1. The molecule has 0 unspecified atom stereocenters. The first-order valence-electron chi connectivity index (χ1n) is 5.44. The Hall–Kier alpha value is -2.14. The molecule has 2 aromatic rings. The van der Waals surface area contributed by atoms with Gasteiger partial charge in [0, 0.05) is 7.05 Å². The number of amides is 1. The molecule has 0 aliphatic carbocycles. The molecule has 1 heterocycles. The van der Waals surface area contributed by atoms with Gasteiger partial charge in [0.25, 0.3) is 5.91 Å². The molecule has 0 atom stereocenters. The summed E-state index contributed by atoms with van der Waals surface area (Å²) in [7, 11) is 1.46. The summed E-state index contributed by atoms with van der Waals surface area (Å²) in [5, 5.41) is 0.0300. The smallest absolute Gasteiger partial charge is 0.261 e. The minimum absolute atomic E-state index is 0.0300. The van der Waals surface area contributed by atoms with E-state index in [2.05, 4.69) is 4.98 Å². The molecule has 2 N–H and O–H groups in total. The van der Waals surface area contributed by atoms with Crippen molar-refractivity contribution >= 4 is 28.9 Å². The first-order chi connectivity index (χ1) is 9.00. The van der Waals surface area contributed by atoms with Crippen LogP contribution in [0.25, 0.3) is 0 Å². The summed E-state index contributed by atoms with van der Waals surface area (Å²) >= 11 is 5.85. The zero-order chi connectivity index (χ0) is 14.0. The second-order valence-electron chi connectivity index (χ2n) is 3.92.